The molecule has 1 saturated carbocycles. The molecule has 1 N–H and O–H groups in total. The summed E-state index contributed by atoms with van der Waals surface area (Å²) in [6, 6.07) is 5.17. The molecule has 1 saturated heterocycles. The lowest BCUT2D eigenvalue weighted by molar-refractivity contribution is 0.00578. The third-order valence-electron chi connectivity index (χ3n) is 5.35. The van der Waals surface area contributed by atoms with E-state index < -0.39 is 24.0 Å². The Kier molecular flexibility index (Phi) is 4.36. The molecule has 3 rings (SSSR count). The number of hydrogen-bond donors (Lipinski definition) is 1. The van der Waals surface area contributed by atoms with E-state index in [1.165, 1.54) is 7.11 Å². The van der Waals surface area contributed by atoms with E-state index in [2.05, 4.69) is 5.32 Å². The van der Waals surface area contributed by atoms with Crippen LogP contribution in [0.25, 0.3) is 0 Å². The van der Waals surface area contributed by atoms with E-state index in [4.69, 9.17) is 14.0 Å². The molecule has 1 aromatic carbocycles. The summed E-state index contributed by atoms with van der Waals surface area (Å²) in [7, 11) is 0.967. The standard InChI is InChI=1S/C18H25BFNO4/c1-16(2)17(3,4)25-19(24-16)12-6-7-13(14(10-12)23-5)15(22)21-11-18(20)8-9-18/h6-7,10H,8-9,11H2,1-5H3,(H,21,22). The van der Waals surface area contributed by atoms with Gasteiger partial charge in [0.05, 0.1) is 30.4 Å². The van der Waals surface area contributed by atoms with Gasteiger partial charge in [0.25, 0.3) is 5.91 Å². The van der Waals surface area contributed by atoms with Crippen LogP contribution < -0.4 is 15.5 Å². The van der Waals surface area contributed by atoms with Crippen LogP contribution in [-0.4, -0.2) is 43.6 Å². The average Bonchev–Trinajstić information content (AvgIpc) is 3.23. The fourth-order valence-electron chi connectivity index (χ4n) is 2.67. The third-order valence-corrected chi connectivity index (χ3v) is 5.35. The Morgan fingerprint density at radius 1 is 1.24 bits per heavy atom. The summed E-state index contributed by atoms with van der Waals surface area (Å²) in [5, 5.41) is 2.63. The highest BCUT2D eigenvalue weighted by Crippen LogP contribution is 2.39. The molecular weight excluding hydrogens is 324 g/mol. The van der Waals surface area contributed by atoms with E-state index in [1.54, 1.807) is 18.2 Å². The van der Waals surface area contributed by atoms with Gasteiger partial charge in [-0.2, -0.15) is 0 Å². The van der Waals surface area contributed by atoms with Gasteiger partial charge in [-0.15, -0.1) is 0 Å². The Morgan fingerprint density at radius 3 is 2.36 bits per heavy atom. The van der Waals surface area contributed by atoms with Crippen molar-refractivity contribution in [2.45, 2.75) is 57.4 Å². The van der Waals surface area contributed by atoms with Crippen molar-refractivity contribution < 1.29 is 23.2 Å². The van der Waals surface area contributed by atoms with Crippen LogP contribution in [0.15, 0.2) is 18.2 Å². The van der Waals surface area contributed by atoms with Gasteiger partial charge in [0.15, 0.2) is 0 Å². The molecule has 5 nitrogen and oxygen atoms in total. The molecule has 0 unspecified atom stereocenters. The van der Waals surface area contributed by atoms with Crippen molar-refractivity contribution in [3.05, 3.63) is 23.8 Å². The molecule has 0 aromatic heterocycles. The van der Waals surface area contributed by atoms with Crippen molar-refractivity contribution in [2.75, 3.05) is 13.7 Å². The Hall–Kier alpha value is -1.60. The van der Waals surface area contributed by atoms with Gasteiger partial charge in [0.1, 0.15) is 11.4 Å². The lowest BCUT2D eigenvalue weighted by atomic mass is 9.78. The summed E-state index contributed by atoms with van der Waals surface area (Å²) < 4.78 is 31.1. The molecule has 25 heavy (non-hydrogen) atoms. The van der Waals surface area contributed by atoms with Crippen molar-refractivity contribution >= 4 is 18.5 Å². The normalized spacial score (nSPS) is 22.6. The molecule has 2 aliphatic rings. The number of nitrogens with one attached hydrogen (secondary N) is 1. The fraction of sp³-hybridized carbons (Fsp3) is 0.611. The number of amides is 1. The molecule has 136 valence electrons. The van der Waals surface area contributed by atoms with Crippen LogP contribution >= 0.6 is 0 Å². The van der Waals surface area contributed by atoms with Crippen LogP contribution in [-0.2, 0) is 9.31 Å². The van der Waals surface area contributed by atoms with Gasteiger partial charge in [0.2, 0.25) is 0 Å². The van der Waals surface area contributed by atoms with E-state index in [9.17, 15) is 9.18 Å². The van der Waals surface area contributed by atoms with Crippen LogP contribution in [0.2, 0.25) is 0 Å². The van der Waals surface area contributed by atoms with Crippen LogP contribution in [0, 0.1) is 0 Å². The molecule has 2 fully saturated rings. The number of carbonyl (C=O) groups is 1. The Labute approximate surface area is 148 Å². The van der Waals surface area contributed by atoms with Crippen molar-refractivity contribution in [1.82, 2.24) is 5.32 Å². The Bertz CT molecular complexity index is 672. The van der Waals surface area contributed by atoms with Crippen molar-refractivity contribution in [3.8, 4) is 5.75 Å². The lowest BCUT2D eigenvalue weighted by Crippen LogP contribution is -2.41. The van der Waals surface area contributed by atoms with Gasteiger partial charge >= 0.3 is 7.12 Å². The average molecular weight is 349 g/mol. The monoisotopic (exact) mass is 349 g/mol. The highest BCUT2D eigenvalue weighted by molar-refractivity contribution is 6.62. The second-order valence-electron chi connectivity index (χ2n) is 7.88. The first kappa shape index (κ1) is 18.2. The zero-order chi connectivity index (χ0) is 18.5. The minimum atomic E-state index is -1.23. The number of halogens is 1. The first-order valence-electron chi connectivity index (χ1n) is 8.58. The fourth-order valence-corrected chi connectivity index (χ4v) is 2.67. The van der Waals surface area contributed by atoms with E-state index in [-0.39, 0.29) is 12.5 Å². The summed E-state index contributed by atoms with van der Waals surface area (Å²) in [5.41, 5.74) is -0.976. The molecule has 1 heterocycles. The van der Waals surface area contributed by atoms with E-state index >= 15 is 0 Å². The summed E-state index contributed by atoms with van der Waals surface area (Å²) in [4.78, 5) is 12.3. The van der Waals surface area contributed by atoms with Crippen LogP contribution in [0.1, 0.15) is 50.9 Å². The van der Waals surface area contributed by atoms with Gasteiger partial charge in [-0.3, -0.25) is 4.79 Å². The number of hydrogen-bond acceptors (Lipinski definition) is 4. The minimum Gasteiger partial charge on any atom is -0.496 e. The number of rotatable bonds is 5. The summed E-state index contributed by atoms with van der Waals surface area (Å²) in [5.74, 6) is 0.0645. The summed E-state index contributed by atoms with van der Waals surface area (Å²) >= 11 is 0. The summed E-state index contributed by atoms with van der Waals surface area (Å²) in [6.45, 7) is 7.97. The van der Waals surface area contributed by atoms with Gasteiger partial charge in [-0.25, -0.2) is 4.39 Å². The zero-order valence-corrected chi connectivity index (χ0v) is 15.4. The number of alkyl halides is 1. The molecule has 7 heteroatoms. The predicted molar refractivity (Wildman–Crippen MR) is 94.1 cm³/mol. The van der Waals surface area contributed by atoms with Gasteiger partial charge in [0, 0.05) is 0 Å². The third kappa shape index (κ3) is 3.53. The first-order chi connectivity index (χ1) is 11.6. The predicted octanol–water partition coefficient (Wildman–Crippen LogP) is 2.23. The second-order valence-corrected chi connectivity index (χ2v) is 7.88. The first-order valence-corrected chi connectivity index (χ1v) is 8.58. The van der Waals surface area contributed by atoms with Gasteiger partial charge in [-0.1, -0.05) is 6.07 Å². The number of carbonyl (C=O) groups excluding carboxylic acids is 1. The molecule has 1 aliphatic carbocycles. The molecule has 0 spiro atoms. The largest absolute Gasteiger partial charge is 0.496 e. The lowest BCUT2D eigenvalue weighted by Gasteiger charge is -2.32. The SMILES string of the molecule is COc1cc(B2OC(C)(C)C(C)(C)O2)ccc1C(=O)NCC1(F)CC1. The molecule has 0 bridgehead atoms. The van der Waals surface area contributed by atoms with Crippen LogP contribution in [0.5, 0.6) is 5.75 Å². The summed E-state index contributed by atoms with van der Waals surface area (Å²) in [6.07, 6.45) is 1.01. The second kappa shape index (κ2) is 5.99. The van der Waals surface area contributed by atoms with E-state index in [0.717, 1.165) is 5.46 Å². The van der Waals surface area contributed by atoms with Gasteiger partial charge in [-0.05, 0) is 58.1 Å². The maximum absolute atomic E-state index is 13.7. The maximum Gasteiger partial charge on any atom is 0.494 e. The number of methoxy groups -OCH3 is 1. The molecule has 1 amide bonds. The van der Waals surface area contributed by atoms with Crippen molar-refractivity contribution in [3.63, 3.8) is 0 Å². The Balaban J connectivity index is 1.77. The van der Waals surface area contributed by atoms with Crippen molar-refractivity contribution in [2.24, 2.45) is 0 Å². The molecule has 1 aromatic rings. The molecular formula is C18H25BFNO4. The quantitative estimate of drug-likeness (QED) is 0.829. The number of benzene rings is 1. The van der Waals surface area contributed by atoms with E-state index in [1.807, 2.05) is 27.7 Å². The topological polar surface area (TPSA) is 56.8 Å². The number of ether oxygens (including phenoxy) is 1. The highest BCUT2D eigenvalue weighted by atomic mass is 19.1. The van der Waals surface area contributed by atoms with Gasteiger partial charge < -0.3 is 19.4 Å². The zero-order valence-electron chi connectivity index (χ0n) is 15.4. The van der Waals surface area contributed by atoms with Crippen LogP contribution in [0.4, 0.5) is 4.39 Å². The maximum atomic E-state index is 13.7. The molecule has 0 atom stereocenters. The Morgan fingerprint density at radius 2 is 1.84 bits per heavy atom. The smallest absolute Gasteiger partial charge is 0.494 e. The van der Waals surface area contributed by atoms with Crippen molar-refractivity contribution in [1.29, 1.82) is 0 Å². The minimum absolute atomic E-state index is 0.0357. The van der Waals surface area contributed by atoms with E-state index in [0.29, 0.717) is 24.2 Å². The molecule has 1 aliphatic heterocycles. The molecule has 0 radical (unpaired) electrons. The highest BCUT2D eigenvalue weighted by Gasteiger charge is 2.51. The van der Waals surface area contributed by atoms with Crippen LogP contribution in [0.3, 0.4) is 0 Å².